The predicted octanol–water partition coefficient (Wildman–Crippen LogP) is 3.56. The van der Waals surface area contributed by atoms with Gasteiger partial charge in [-0.15, -0.1) is 0 Å². The molecule has 2 rings (SSSR count). The summed E-state index contributed by atoms with van der Waals surface area (Å²) < 4.78 is 0.753. The van der Waals surface area contributed by atoms with Crippen LogP contribution >= 0.6 is 15.9 Å². The Balaban J connectivity index is 2.13. The Labute approximate surface area is 127 Å². The lowest BCUT2D eigenvalue weighted by Gasteiger charge is -2.33. The second-order valence-electron chi connectivity index (χ2n) is 5.25. The monoisotopic (exact) mass is 341 g/mol. The number of aryl methyl sites for hydroxylation is 1. The lowest BCUT2D eigenvalue weighted by atomic mass is 10.0. The van der Waals surface area contributed by atoms with Gasteiger partial charge in [0.15, 0.2) is 0 Å². The van der Waals surface area contributed by atoms with Crippen LogP contribution < -0.4 is 5.32 Å². The second kappa shape index (κ2) is 6.54. The van der Waals surface area contributed by atoms with E-state index in [1.165, 1.54) is 6.42 Å². The van der Waals surface area contributed by atoms with E-state index < -0.39 is 0 Å². The number of hydrogen-bond donors (Lipinski definition) is 1. The van der Waals surface area contributed by atoms with Gasteiger partial charge in [0.05, 0.1) is 4.92 Å². The number of benzene rings is 1. The van der Waals surface area contributed by atoms with E-state index in [0.717, 1.165) is 36.2 Å². The number of nitrogens with zero attached hydrogens (tertiary/aromatic N) is 2. The fourth-order valence-corrected chi connectivity index (χ4v) is 3.10. The molecule has 1 heterocycles. The van der Waals surface area contributed by atoms with E-state index in [-0.39, 0.29) is 10.6 Å². The Morgan fingerprint density at radius 1 is 1.55 bits per heavy atom. The molecule has 5 nitrogen and oxygen atoms in total. The summed E-state index contributed by atoms with van der Waals surface area (Å²) in [5, 5.41) is 14.4. The van der Waals surface area contributed by atoms with Crippen LogP contribution in [0, 0.1) is 17.0 Å². The van der Waals surface area contributed by atoms with E-state index in [1.807, 2.05) is 6.07 Å². The van der Waals surface area contributed by atoms with Gasteiger partial charge < -0.3 is 10.2 Å². The first-order valence-corrected chi connectivity index (χ1v) is 7.74. The molecule has 6 heteroatoms. The molecule has 0 aromatic heterocycles. The zero-order valence-electron chi connectivity index (χ0n) is 11.9. The Morgan fingerprint density at radius 3 is 2.95 bits per heavy atom. The standard InChI is InChI=1S/C14H20BrN3O2/c1-3-17-6-4-5-11(9-17)16-13-7-10(2)14(18(19)20)8-12(13)15/h7-8,11,16H,3-6,9H2,1-2H3. The van der Waals surface area contributed by atoms with Crippen LogP contribution in [0.4, 0.5) is 11.4 Å². The third kappa shape index (κ3) is 3.49. The van der Waals surface area contributed by atoms with E-state index in [9.17, 15) is 10.1 Å². The minimum atomic E-state index is -0.344. The summed E-state index contributed by atoms with van der Waals surface area (Å²) in [6.45, 7) is 7.20. The van der Waals surface area contributed by atoms with Crippen molar-refractivity contribution < 1.29 is 4.92 Å². The molecule has 110 valence electrons. The maximum atomic E-state index is 10.9. The molecule has 0 amide bonds. The summed E-state index contributed by atoms with van der Waals surface area (Å²) in [5.41, 5.74) is 1.78. The van der Waals surface area contributed by atoms with Crippen LogP contribution in [-0.4, -0.2) is 35.5 Å². The number of halogens is 1. The number of anilines is 1. The average Bonchev–Trinajstić information content (AvgIpc) is 2.42. The van der Waals surface area contributed by atoms with Crippen LogP contribution in [0.3, 0.4) is 0 Å². The fourth-order valence-electron chi connectivity index (χ4n) is 2.66. The van der Waals surface area contributed by atoms with Crippen molar-refractivity contribution in [3.8, 4) is 0 Å². The van der Waals surface area contributed by atoms with E-state index in [4.69, 9.17) is 0 Å². The first kappa shape index (κ1) is 15.3. The van der Waals surface area contributed by atoms with Crippen molar-refractivity contribution in [3.63, 3.8) is 0 Å². The van der Waals surface area contributed by atoms with Crippen LogP contribution in [0.1, 0.15) is 25.3 Å². The highest BCUT2D eigenvalue weighted by molar-refractivity contribution is 9.10. The van der Waals surface area contributed by atoms with Crippen LogP contribution in [0.25, 0.3) is 0 Å². The molecule has 1 aromatic rings. The van der Waals surface area contributed by atoms with Gasteiger partial charge in [-0.1, -0.05) is 6.92 Å². The lowest BCUT2D eigenvalue weighted by Crippen LogP contribution is -2.41. The molecule has 1 saturated heterocycles. The molecular formula is C14H20BrN3O2. The molecule has 20 heavy (non-hydrogen) atoms. The van der Waals surface area contributed by atoms with Crippen molar-refractivity contribution >= 4 is 27.3 Å². The molecule has 0 spiro atoms. The minimum absolute atomic E-state index is 0.154. The highest BCUT2D eigenvalue weighted by atomic mass is 79.9. The summed E-state index contributed by atoms with van der Waals surface area (Å²) in [6, 6.07) is 3.84. The first-order chi connectivity index (χ1) is 9.51. The van der Waals surface area contributed by atoms with Crippen LogP contribution in [0.15, 0.2) is 16.6 Å². The third-order valence-electron chi connectivity index (χ3n) is 3.79. The summed E-state index contributed by atoms with van der Waals surface area (Å²) in [7, 11) is 0. The number of likely N-dealkylation sites (tertiary alicyclic amines) is 1. The van der Waals surface area contributed by atoms with Crippen molar-refractivity contribution in [2.45, 2.75) is 32.7 Å². The lowest BCUT2D eigenvalue weighted by molar-refractivity contribution is -0.385. The summed E-state index contributed by atoms with van der Waals surface area (Å²) in [5.74, 6) is 0. The molecular weight excluding hydrogens is 322 g/mol. The molecule has 0 saturated carbocycles. The SMILES string of the molecule is CCN1CCCC(Nc2cc(C)c([N+](=O)[O-])cc2Br)C1. The van der Waals surface area contributed by atoms with Crippen molar-refractivity contribution in [2.24, 2.45) is 0 Å². The Morgan fingerprint density at radius 2 is 2.30 bits per heavy atom. The van der Waals surface area contributed by atoms with Gasteiger partial charge in [0.1, 0.15) is 0 Å². The molecule has 1 aliphatic heterocycles. The van der Waals surface area contributed by atoms with Crippen LogP contribution in [0.2, 0.25) is 0 Å². The topological polar surface area (TPSA) is 58.4 Å². The normalized spacial score (nSPS) is 19.9. The maximum absolute atomic E-state index is 10.9. The van der Waals surface area contributed by atoms with Gasteiger partial charge in [0.2, 0.25) is 0 Å². The first-order valence-electron chi connectivity index (χ1n) is 6.94. The summed E-state index contributed by atoms with van der Waals surface area (Å²) in [6.07, 6.45) is 2.33. The highest BCUT2D eigenvalue weighted by Gasteiger charge is 2.20. The highest BCUT2D eigenvalue weighted by Crippen LogP contribution is 2.31. The van der Waals surface area contributed by atoms with Gasteiger partial charge in [0, 0.05) is 34.4 Å². The van der Waals surface area contributed by atoms with Crippen molar-refractivity contribution in [2.75, 3.05) is 25.0 Å². The number of hydrogen-bond acceptors (Lipinski definition) is 4. The number of rotatable bonds is 4. The zero-order valence-corrected chi connectivity index (χ0v) is 13.4. The molecule has 1 unspecified atom stereocenters. The van der Waals surface area contributed by atoms with Crippen molar-refractivity contribution in [1.82, 2.24) is 4.90 Å². The molecule has 1 fully saturated rings. The van der Waals surface area contributed by atoms with E-state index in [0.29, 0.717) is 11.6 Å². The van der Waals surface area contributed by atoms with Gasteiger partial charge in [-0.3, -0.25) is 10.1 Å². The largest absolute Gasteiger partial charge is 0.380 e. The van der Waals surface area contributed by atoms with Gasteiger partial charge in [-0.25, -0.2) is 0 Å². The molecule has 0 bridgehead atoms. The minimum Gasteiger partial charge on any atom is -0.380 e. The molecule has 1 atom stereocenters. The third-order valence-corrected chi connectivity index (χ3v) is 4.45. The smallest absolute Gasteiger partial charge is 0.273 e. The van der Waals surface area contributed by atoms with Gasteiger partial charge in [-0.05, 0) is 54.9 Å². The number of nitro groups is 1. The Bertz CT molecular complexity index is 507. The Kier molecular flexibility index (Phi) is 4.99. The molecule has 1 aromatic carbocycles. The van der Waals surface area contributed by atoms with Crippen LogP contribution in [0.5, 0.6) is 0 Å². The maximum Gasteiger partial charge on any atom is 0.273 e. The molecule has 1 aliphatic rings. The van der Waals surface area contributed by atoms with Crippen molar-refractivity contribution in [3.05, 3.63) is 32.3 Å². The average molecular weight is 342 g/mol. The fraction of sp³-hybridized carbons (Fsp3) is 0.571. The van der Waals surface area contributed by atoms with Gasteiger partial charge in [-0.2, -0.15) is 0 Å². The number of nitrogens with one attached hydrogen (secondary N) is 1. The zero-order chi connectivity index (χ0) is 14.7. The summed E-state index contributed by atoms with van der Waals surface area (Å²) in [4.78, 5) is 13.0. The van der Waals surface area contributed by atoms with E-state index in [2.05, 4.69) is 33.1 Å². The van der Waals surface area contributed by atoms with E-state index >= 15 is 0 Å². The van der Waals surface area contributed by atoms with Crippen LogP contribution in [-0.2, 0) is 0 Å². The quantitative estimate of drug-likeness (QED) is 0.671. The van der Waals surface area contributed by atoms with E-state index in [1.54, 1.807) is 13.0 Å². The predicted molar refractivity (Wildman–Crippen MR) is 84.3 cm³/mol. The number of piperidine rings is 1. The van der Waals surface area contributed by atoms with Gasteiger partial charge in [0.25, 0.3) is 5.69 Å². The number of nitro benzene ring substituents is 1. The molecule has 0 aliphatic carbocycles. The molecule has 1 N–H and O–H groups in total. The second-order valence-corrected chi connectivity index (χ2v) is 6.11. The van der Waals surface area contributed by atoms with Gasteiger partial charge >= 0.3 is 0 Å². The Hall–Kier alpha value is -1.14. The molecule has 0 radical (unpaired) electrons. The number of likely N-dealkylation sites (N-methyl/N-ethyl adjacent to an activating group) is 1. The summed E-state index contributed by atoms with van der Waals surface area (Å²) >= 11 is 3.43. The van der Waals surface area contributed by atoms with Crippen molar-refractivity contribution in [1.29, 1.82) is 0 Å².